The smallest absolute Gasteiger partial charge is 0.355 e. The minimum atomic E-state index is -0.568. The highest BCUT2D eigenvalue weighted by Crippen LogP contribution is 2.36. The maximum absolute atomic E-state index is 13.0. The van der Waals surface area contributed by atoms with Crippen LogP contribution in [-0.4, -0.2) is 43.6 Å². The number of nitrogens with zero attached hydrogens (tertiary/aromatic N) is 5. The molecule has 0 saturated heterocycles. The second-order valence-electron chi connectivity index (χ2n) is 8.96. The van der Waals surface area contributed by atoms with Crippen molar-refractivity contribution < 1.29 is 14.3 Å². The molecule has 0 radical (unpaired) electrons. The number of fused-ring (bicyclic) bond motifs is 1. The van der Waals surface area contributed by atoms with E-state index in [9.17, 15) is 9.59 Å². The molecular formula is C31H21ClN6O3S2. The van der Waals surface area contributed by atoms with Crippen molar-refractivity contribution in [2.24, 2.45) is 5.10 Å². The number of thiophene rings is 1. The number of rotatable bonds is 9. The summed E-state index contributed by atoms with van der Waals surface area (Å²) < 4.78 is 8.44. The number of pyridine rings is 1. The molecule has 12 heteroatoms. The van der Waals surface area contributed by atoms with Crippen LogP contribution in [0.4, 0.5) is 0 Å². The third kappa shape index (κ3) is 6.33. The van der Waals surface area contributed by atoms with Gasteiger partial charge in [-0.05, 0) is 42.5 Å². The number of nitrogens with one attached hydrogen (secondary N) is 1. The Kier molecular flexibility index (Phi) is 8.55. The van der Waals surface area contributed by atoms with Crippen molar-refractivity contribution in [3.05, 3.63) is 119 Å². The van der Waals surface area contributed by atoms with Gasteiger partial charge in [0.1, 0.15) is 10.6 Å². The van der Waals surface area contributed by atoms with Gasteiger partial charge in [-0.1, -0.05) is 71.9 Å². The topological polar surface area (TPSA) is 111 Å². The lowest BCUT2D eigenvalue weighted by atomic mass is 10.2. The fourth-order valence-electron chi connectivity index (χ4n) is 4.17. The summed E-state index contributed by atoms with van der Waals surface area (Å²) in [5, 5.41) is 14.5. The molecule has 0 atom stereocenters. The zero-order chi connectivity index (χ0) is 29.6. The molecule has 0 aliphatic carbocycles. The van der Waals surface area contributed by atoms with E-state index in [4.69, 9.17) is 16.3 Å². The van der Waals surface area contributed by atoms with E-state index in [-0.39, 0.29) is 17.4 Å². The van der Waals surface area contributed by atoms with Crippen molar-refractivity contribution in [1.29, 1.82) is 0 Å². The Morgan fingerprint density at radius 2 is 1.70 bits per heavy atom. The van der Waals surface area contributed by atoms with Gasteiger partial charge in [0, 0.05) is 39.3 Å². The van der Waals surface area contributed by atoms with Crippen LogP contribution < -0.4 is 10.2 Å². The third-order valence-electron chi connectivity index (χ3n) is 6.15. The number of halogens is 1. The van der Waals surface area contributed by atoms with Crippen LogP contribution in [0.5, 0.6) is 5.75 Å². The highest BCUT2D eigenvalue weighted by Gasteiger charge is 2.20. The van der Waals surface area contributed by atoms with Gasteiger partial charge in [-0.25, -0.2) is 10.2 Å². The van der Waals surface area contributed by atoms with E-state index in [1.54, 1.807) is 36.7 Å². The second-order valence-corrected chi connectivity index (χ2v) is 11.3. The fraction of sp³-hybridized carbons (Fsp3) is 0.0323. The van der Waals surface area contributed by atoms with Crippen LogP contribution >= 0.6 is 34.7 Å². The van der Waals surface area contributed by atoms with Crippen molar-refractivity contribution in [1.82, 2.24) is 25.2 Å². The predicted octanol–water partition coefficient (Wildman–Crippen LogP) is 6.66. The molecule has 1 amide bonds. The quantitative estimate of drug-likeness (QED) is 0.0629. The molecule has 0 unspecified atom stereocenters. The molecule has 1 N–H and O–H groups in total. The number of ether oxygens (including phenoxy) is 1. The lowest BCUT2D eigenvalue weighted by molar-refractivity contribution is -0.118. The van der Waals surface area contributed by atoms with Crippen LogP contribution in [0.3, 0.4) is 0 Å². The molecule has 0 aliphatic rings. The van der Waals surface area contributed by atoms with E-state index in [1.807, 2.05) is 71.3 Å². The maximum atomic E-state index is 13.0. The van der Waals surface area contributed by atoms with Gasteiger partial charge in [0.05, 0.1) is 17.0 Å². The molecular weight excluding hydrogens is 604 g/mol. The molecule has 0 saturated carbocycles. The Morgan fingerprint density at radius 3 is 2.51 bits per heavy atom. The molecule has 6 rings (SSSR count). The van der Waals surface area contributed by atoms with Gasteiger partial charge in [-0.15, -0.1) is 21.5 Å². The lowest BCUT2D eigenvalue weighted by Gasteiger charge is -2.10. The van der Waals surface area contributed by atoms with E-state index in [0.29, 0.717) is 26.4 Å². The van der Waals surface area contributed by atoms with Gasteiger partial charge >= 0.3 is 5.97 Å². The number of benzene rings is 3. The molecule has 0 fully saturated rings. The van der Waals surface area contributed by atoms with Crippen LogP contribution in [0.25, 0.3) is 27.2 Å². The average Bonchev–Trinajstić information content (AvgIpc) is 3.63. The first kappa shape index (κ1) is 28.3. The highest BCUT2D eigenvalue weighted by molar-refractivity contribution is 7.99. The standard InChI is InChI=1S/C31H21ClN6O3S2/c32-27-23-11-5-7-13-25(23)43-28(27)30(40)41-24-12-6-4-8-21(24)18-34-35-26(39)19-42-31-37-36-29(20-14-16-33-17-15-20)38(31)22-9-2-1-3-10-22/h1-18H,19H2,(H,35,39)/b34-18-. The minimum Gasteiger partial charge on any atom is -0.422 e. The SMILES string of the molecule is O=C(CSc1nnc(-c2ccncc2)n1-c1ccccc1)N/N=C\c1ccccc1OC(=O)c1sc2ccccc2c1Cl. The molecule has 3 aromatic heterocycles. The Bertz CT molecular complexity index is 1940. The van der Waals surface area contributed by atoms with Gasteiger partial charge in [-0.2, -0.15) is 5.10 Å². The number of esters is 1. The number of hydrogen-bond donors (Lipinski definition) is 1. The van der Waals surface area contributed by atoms with Crippen molar-refractivity contribution in [3.8, 4) is 22.8 Å². The summed E-state index contributed by atoms with van der Waals surface area (Å²) in [7, 11) is 0. The van der Waals surface area contributed by atoms with Crippen LogP contribution in [0, 0.1) is 0 Å². The summed E-state index contributed by atoms with van der Waals surface area (Å²) in [5.41, 5.74) is 4.74. The molecule has 0 bridgehead atoms. The average molecular weight is 625 g/mol. The second kappa shape index (κ2) is 13.0. The van der Waals surface area contributed by atoms with E-state index in [2.05, 4.69) is 25.7 Å². The molecule has 0 aliphatic heterocycles. The summed E-state index contributed by atoms with van der Waals surface area (Å²) in [6.07, 6.45) is 4.80. The van der Waals surface area contributed by atoms with Gasteiger partial charge in [0.2, 0.25) is 0 Å². The van der Waals surface area contributed by atoms with Crippen molar-refractivity contribution >= 4 is 62.9 Å². The van der Waals surface area contributed by atoms with E-state index in [1.165, 1.54) is 29.3 Å². The Labute approximate surface area is 259 Å². The summed E-state index contributed by atoms with van der Waals surface area (Å²) in [6, 6.07) is 27.8. The number of hydrazone groups is 1. The zero-order valence-corrected chi connectivity index (χ0v) is 24.6. The normalized spacial score (nSPS) is 11.2. The number of carbonyl (C=O) groups excluding carboxylic acids is 2. The number of carbonyl (C=O) groups is 2. The molecule has 6 aromatic rings. The number of thioether (sulfide) groups is 1. The molecule has 0 spiro atoms. The minimum absolute atomic E-state index is 0.0414. The molecule has 212 valence electrons. The monoisotopic (exact) mass is 624 g/mol. The van der Waals surface area contributed by atoms with E-state index in [0.717, 1.165) is 21.3 Å². The lowest BCUT2D eigenvalue weighted by Crippen LogP contribution is -2.20. The summed E-state index contributed by atoms with van der Waals surface area (Å²) in [5.74, 6) is 0.0484. The summed E-state index contributed by atoms with van der Waals surface area (Å²) >= 11 is 8.95. The number of para-hydroxylation sites is 2. The molecule has 3 heterocycles. The Morgan fingerprint density at radius 1 is 0.953 bits per heavy atom. The number of hydrogen-bond acceptors (Lipinski definition) is 9. The molecule has 43 heavy (non-hydrogen) atoms. The van der Waals surface area contributed by atoms with E-state index >= 15 is 0 Å². The predicted molar refractivity (Wildman–Crippen MR) is 169 cm³/mol. The zero-order valence-electron chi connectivity index (χ0n) is 22.3. The highest BCUT2D eigenvalue weighted by atomic mass is 35.5. The summed E-state index contributed by atoms with van der Waals surface area (Å²) in [6.45, 7) is 0. The first-order chi connectivity index (χ1) is 21.1. The van der Waals surface area contributed by atoms with Gasteiger partial charge in [-0.3, -0.25) is 14.3 Å². The van der Waals surface area contributed by atoms with Crippen molar-refractivity contribution in [3.63, 3.8) is 0 Å². The van der Waals surface area contributed by atoms with Gasteiger partial charge < -0.3 is 4.74 Å². The van der Waals surface area contributed by atoms with Crippen LogP contribution in [0.15, 0.2) is 114 Å². The molecule has 9 nitrogen and oxygen atoms in total. The van der Waals surface area contributed by atoms with E-state index < -0.39 is 5.97 Å². The van der Waals surface area contributed by atoms with Crippen molar-refractivity contribution in [2.45, 2.75) is 5.16 Å². The maximum Gasteiger partial charge on any atom is 0.355 e. The van der Waals surface area contributed by atoms with Gasteiger partial charge in [0.25, 0.3) is 5.91 Å². The number of amides is 1. The third-order valence-corrected chi connectivity index (χ3v) is 8.74. The van der Waals surface area contributed by atoms with Crippen LogP contribution in [0.1, 0.15) is 15.2 Å². The van der Waals surface area contributed by atoms with Gasteiger partial charge in [0.15, 0.2) is 11.0 Å². The fourth-order valence-corrected chi connectivity index (χ4v) is 6.30. The Balaban J connectivity index is 1.12. The largest absolute Gasteiger partial charge is 0.422 e. The number of aromatic nitrogens is 4. The molecule has 3 aromatic carbocycles. The van der Waals surface area contributed by atoms with Crippen LogP contribution in [0.2, 0.25) is 5.02 Å². The Hall–Kier alpha value is -4.84. The first-order valence-electron chi connectivity index (χ1n) is 12.9. The van der Waals surface area contributed by atoms with Crippen molar-refractivity contribution in [2.75, 3.05) is 5.75 Å². The summed E-state index contributed by atoms with van der Waals surface area (Å²) in [4.78, 5) is 30.0. The van der Waals surface area contributed by atoms with Crippen LogP contribution in [-0.2, 0) is 4.79 Å². The first-order valence-corrected chi connectivity index (χ1v) is 15.1.